The molecule has 0 amide bonds. The van der Waals surface area contributed by atoms with Crippen LogP contribution >= 0.6 is 0 Å². The fourth-order valence-electron chi connectivity index (χ4n) is 0.412. The van der Waals surface area contributed by atoms with Crippen LogP contribution in [0.5, 0.6) is 0 Å². The van der Waals surface area contributed by atoms with Crippen molar-refractivity contribution in [2.45, 2.75) is 6.42 Å². The summed E-state index contributed by atoms with van der Waals surface area (Å²) in [5.41, 5.74) is 0. The second kappa shape index (κ2) is 5.13. The summed E-state index contributed by atoms with van der Waals surface area (Å²) in [5.74, 6) is 0. The molecule has 8 heavy (non-hydrogen) atoms. The van der Waals surface area contributed by atoms with Crippen LogP contribution in [0.15, 0.2) is 22.3 Å². The van der Waals surface area contributed by atoms with E-state index in [0.717, 1.165) is 0 Å². The van der Waals surface area contributed by atoms with Gasteiger partial charge in [-0.2, -0.15) is 0 Å². The summed E-state index contributed by atoms with van der Waals surface area (Å²) in [4.78, 5) is 0. The molecule has 0 nitrogen and oxygen atoms in total. The van der Waals surface area contributed by atoms with E-state index in [0.29, 0.717) is 0 Å². The van der Waals surface area contributed by atoms with Crippen molar-refractivity contribution in [2.75, 3.05) is 0 Å². The number of rotatable bonds is 0. The zero-order chi connectivity index (χ0) is 4.41. The Labute approximate surface area is 57.6 Å². The summed E-state index contributed by atoms with van der Waals surface area (Å²) >= 11 is 2.14. The molecule has 48 valence electrons. The van der Waals surface area contributed by atoms with Crippen molar-refractivity contribution in [3.63, 3.8) is 0 Å². The van der Waals surface area contributed by atoms with Crippen molar-refractivity contribution in [2.24, 2.45) is 0 Å². The van der Waals surface area contributed by atoms with E-state index >= 15 is 0 Å². The van der Waals surface area contributed by atoms with E-state index in [1.54, 1.807) is 0 Å². The van der Waals surface area contributed by atoms with Crippen molar-refractivity contribution in [1.82, 2.24) is 0 Å². The van der Waals surface area contributed by atoms with Crippen molar-refractivity contribution in [1.29, 1.82) is 0 Å². The topological polar surface area (TPSA) is 0 Å². The molecule has 0 saturated heterocycles. The average Bonchev–Trinajstić information content (AvgIpc) is 1.86. The third kappa shape index (κ3) is 3.05. The molecular formula is C5H5F2Ir. The fraction of sp³-hybridized carbons (Fsp3) is 0.200. The summed E-state index contributed by atoms with van der Waals surface area (Å²) in [6, 6.07) is 0. The van der Waals surface area contributed by atoms with Gasteiger partial charge in [0.2, 0.25) is 0 Å². The second-order valence-electron chi connectivity index (χ2n) is 1.22. The van der Waals surface area contributed by atoms with Gasteiger partial charge in [-0.1, -0.05) is 0 Å². The molecule has 0 N–H and O–H groups in total. The molecule has 0 saturated carbocycles. The monoisotopic (exact) mass is 296 g/mol. The van der Waals surface area contributed by atoms with Gasteiger partial charge < -0.3 is 9.41 Å². The van der Waals surface area contributed by atoms with Gasteiger partial charge in [-0.25, -0.2) is 0 Å². The van der Waals surface area contributed by atoms with Crippen LogP contribution < -0.4 is 9.41 Å². The van der Waals surface area contributed by atoms with Crippen LogP contribution in [0, 0.1) is 0 Å². The van der Waals surface area contributed by atoms with Crippen LogP contribution in [0.3, 0.4) is 0 Å². The van der Waals surface area contributed by atoms with Crippen LogP contribution in [0.4, 0.5) is 0 Å². The molecule has 0 unspecified atom stereocenters. The van der Waals surface area contributed by atoms with E-state index in [4.69, 9.17) is 0 Å². The second-order valence-corrected chi connectivity index (χ2v) is 2.76. The Hall–Kier alpha value is -0.0106. The van der Waals surface area contributed by atoms with Gasteiger partial charge in [0.1, 0.15) is 0 Å². The Kier molecular flexibility index (Phi) is 6.98. The molecule has 1 aliphatic rings. The van der Waals surface area contributed by atoms with Gasteiger partial charge in [0, 0.05) is 0 Å². The van der Waals surface area contributed by atoms with Crippen molar-refractivity contribution in [3.8, 4) is 0 Å². The molecule has 0 fully saturated rings. The van der Waals surface area contributed by atoms with Gasteiger partial charge in [-0.15, -0.1) is 0 Å². The van der Waals surface area contributed by atoms with Crippen LogP contribution in [0.2, 0.25) is 0 Å². The van der Waals surface area contributed by atoms with Crippen LogP contribution in [-0.4, -0.2) is 0 Å². The molecule has 1 aliphatic carbocycles. The van der Waals surface area contributed by atoms with Gasteiger partial charge in [-0.05, 0) is 0 Å². The summed E-state index contributed by atoms with van der Waals surface area (Å²) < 4.78 is 1.47. The summed E-state index contributed by atoms with van der Waals surface area (Å²) in [5, 5.41) is 0. The van der Waals surface area contributed by atoms with Crippen LogP contribution in [0.1, 0.15) is 6.42 Å². The average molecular weight is 295 g/mol. The predicted octanol–water partition coefficient (Wildman–Crippen LogP) is -4.61. The maximum absolute atomic E-state index is 2.16. The molecule has 0 aromatic rings. The van der Waals surface area contributed by atoms with Gasteiger partial charge in [0.05, 0.1) is 0 Å². The Balaban J connectivity index is 0. The molecule has 3 heteroatoms. The summed E-state index contributed by atoms with van der Waals surface area (Å²) in [6.45, 7) is 0. The Morgan fingerprint density at radius 2 is 2.00 bits per heavy atom. The summed E-state index contributed by atoms with van der Waals surface area (Å²) in [7, 11) is 0. The standard InChI is InChI=1S/C5H5.2FH.Ir/c1-2-4-5-3-1;;;/h1-3H,4H2;2*1H;/q;;;+2/p-2. The first-order chi connectivity index (χ1) is 2.89. The predicted molar refractivity (Wildman–Crippen MR) is 21.8 cm³/mol. The molecule has 0 aromatic carbocycles. The minimum absolute atomic E-state index is 0. The third-order valence-corrected chi connectivity index (χ3v) is 1.60. The first-order valence-corrected chi connectivity index (χ1v) is 3.08. The molecule has 0 spiro atoms. The minimum atomic E-state index is 0. The molecular weight excluding hydrogens is 290 g/mol. The van der Waals surface area contributed by atoms with E-state index in [-0.39, 0.29) is 9.41 Å². The zero-order valence-electron chi connectivity index (χ0n) is 4.03. The van der Waals surface area contributed by atoms with E-state index in [9.17, 15) is 0 Å². The molecule has 0 heterocycles. The van der Waals surface area contributed by atoms with E-state index in [1.165, 1.54) is 10.5 Å². The molecule has 1 rings (SSSR count). The van der Waals surface area contributed by atoms with Crippen LogP contribution in [0.25, 0.3) is 0 Å². The number of hydrogen-bond acceptors (Lipinski definition) is 0. The van der Waals surface area contributed by atoms with Crippen molar-refractivity contribution >= 4 is 0 Å². The molecule has 0 aliphatic heterocycles. The Bertz CT molecular complexity index is 107. The van der Waals surface area contributed by atoms with E-state index in [2.05, 4.69) is 37.1 Å². The SMILES string of the molecule is [F-].[F-].[Ir+2][C]1=CC=CC1. The number of allylic oxidation sites excluding steroid dienone is 4. The zero-order valence-corrected chi connectivity index (χ0v) is 6.42. The number of halogens is 2. The quantitative estimate of drug-likeness (QED) is 0.422. The maximum atomic E-state index is 2.16. The molecule has 0 bridgehead atoms. The first-order valence-electron chi connectivity index (χ1n) is 1.88. The molecule has 0 aromatic heterocycles. The Morgan fingerprint density at radius 3 is 2.12 bits per heavy atom. The van der Waals surface area contributed by atoms with Gasteiger partial charge >= 0.3 is 47.6 Å². The summed E-state index contributed by atoms with van der Waals surface area (Å²) in [6.07, 6.45) is 7.56. The van der Waals surface area contributed by atoms with Crippen LogP contribution in [-0.2, 0) is 18.9 Å². The number of hydrogen-bond donors (Lipinski definition) is 0. The molecule has 0 atom stereocenters. The third-order valence-electron chi connectivity index (χ3n) is 0.709. The van der Waals surface area contributed by atoms with Crippen molar-refractivity contribution < 1.29 is 28.3 Å². The van der Waals surface area contributed by atoms with Gasteiger partial charge in [-0.3, -0.25) is 0 Å². The fourth-order valence-corrected chi connectivity index (χ4v) is 0.924. The van der Waals surface area contributed by atoms with E-state index < -0.39 is 0 Å². The van der Waals surface area contributed by atoms with Crippen molar-refractivity contribution in [3.05, 3.63) is 22.3 Å². The van der Waals surface area contributed by atoms with E-state index in [1.807, 2.05) is 0 Å². The Morgan fingerprint density at radius 1 is 1.38 bits per heavy atom. The normalized spacial score (nSPS) is 13.9. The first kappa shape index (κ1) is 10.9. The van der Waals surface area contributed by atoms with Gasteiger partial charge in [0.15, 0.2) is 0 Å². The van der Waals surface area contributed by atoms with Gasteiger partial charge in [0.25, 0.3) is 0 Å². The molecule has 0 radical (unpaired) electrons.